The first-order valence-electron chi connectivity index (χ1n) is 5.60. The van der Waals surface area contributed by atoms with E-state index in [-0.39, 0.29) is 9.80 Å². The van der Waals surface area contributed by atoms with Gasteiger partial charge in [-0.25, -0.2) is 8.42 Å². The summed E-state index contributed by atoms with van der Waals surface area (Å²) in [4.78, 5) is 0.536. The third kappa shape index (κ3) is 2.60. The van der Waals surface area contributed by atoms with Gasteiger partial charge in [-0.15, -0.1) is 0 Å². The second kappa shape index (κ2) is 4.55. The van der Waals surface area contributed by atoms with Crippen LogP contribution < -0.4 is 5.73 Å². The minimum absolute atomic E-state index is 0.249. The number of sulfone groups is 1. The second-order valence-corrected chi connectivity index (χ2v) is 6.39. The Morgan fingerprint density at radius 3 is 2.44 bits per heavy atom. The van der Waals surface area contributed by atoms with Crippen molar-refractivity contribution in [1.29, 1.82) is 0 Å². The van der Waals surface area contributed by atoms with Crippen LogP contribution >= 0.6 is 0 Å². The van der Waals surface area contributed by atoms with E-state index < -0.39 is 15.4 Å². The highest BCUT2D eigenvalue weighted by Gasteiger charge is 2.20. The predicted octanol–water partition coefficient (Wildman–Crippen LogP) is 2.19. The molecule has 0 fully saturated rings. The lowest BCUT2D eigenvalue weighted by Gasteiger charge is -2.12. The first-order chi connectivity index (χ1) is 8.42. The van der Waals surface area contributed by atoms with Crippen molar-refractivity contribution in [3.8, 4) is 0 Å². The summed E-state index contributed by atoms with van der Waals surface area (Å²) < 4.78 is 24.7. The zero-order valence-corrected chi connectivity index (χ0v) is 10.9. The Morgan fingerprint density at radius 1 is 1.11 bits per heavy atom. The molecule has 1 aromatic carbocycles. The standard InChI is InChI=1S/C14H15NO2S/c1-14(15)10-5-8-13(9-11-14)18(16,17)12-6-3-2-4-7-12/h2-11H,15H2,1H3. The molecule has 1 atom stereocenters. The number of nitrogens with two attached hydrogens (primary N) is 1. The highest BCUT2D eigenvalue weighted by molar-refractivity contribution is 7.95. The van der Waals surface area contributed by atoms with E-state index in [1.807, 2.05) is 6.92 Å². The predicted molar refractivity (Wildman–Crippen MR) is 72.6 cm³/mol. The summed E-state index contributed by atoms with van der Waals surface area (Å²) in [6, 6.07) is 8.36. The van der Waals surface area contributed by atoms with E-state index in [1.54, 1.807) is 60.7 Å². The number of allylic oxidation sites excluding steroid dienone is 3. The summed E-state index contributed by atoms with van der Waals surface area (Å²) in [7, 11) is -3.47. The summed E-state index contributed by atoms with van der Waals surface area (Å²) in [6.45, 7) is 1.81. The maximum absolute atomic E-state index is 12.4. The van der Waals surface area contributed by atoms with Crippen LogP contribution in [0.25, 0.3) is 0 Å². The quantitative estimate of drug-likeness (QED) is 0.887. The average molecular weight is 261 g/mol. The molecule has 0 radical (unpaired) electrons. The van der Waals surface area contributed by atoms with E-state index in [9.17, 15) is 8.42 Å². The molecule has 0 saturated heterocycles. The maximum atomic E-state index is 12.4. The lowest BCUT2D eigenvalue weighted by atomic mass is 10.0. The van der Waals surface area contributed by atoms with Crippen LogP contribution in [0.15, 0.2) is 70.5 Å². The molecule has 0 heterocycles. The largest absolute Gasteiger partial charge is 0.319 e. The van der Waals surface area contributed by atoms with E-state index in [4.69, 9.17) is 5.73 Å². The third-order valence-corrected chi connectivity index (χ3v) is 4.47. The molecule has 2 rings (SSSR count). The molecule has 0 aromatic heterocycles. The minimum Gasteiger partial charge on any atom is -0.319 e. The molecule has 0 spiro atoms. The highest BCUT2D eigenvalue weighted by Crippen LogP contribution is 2.22. The summed E-state index contributed by atoms with van der Waals surface area (Å²) in [5, 5.41) is 0. The monoisotopic (exact) mass is 261 g/mol. The minimum atomic E-state index is -3.47. The summed E-state index contributed by atoms with van der Waals surface area (Å²) >= 11 is 0. The van der Waals surface area contributed by atoms with Crippen LogP contribution in [0.5, 0.6) is 0 Å². The Bertz CT molecular complexity index is 623. The van der Waals surface area contributed by atoms with Gasteiger partial charge in [0.05, 0.1) is 15.3 Å². The fourth-order valence-corrected chi connectivity index (χ4v) is 2.93. The molecule has 0 aliphatic heterocycles. The van der Waals surface area contributed by atoms with Crippen LogP contribution in [-0.4, -0.2) is 14.0 Å². The van der Waals surface area contributed by atoms with Gasteiger partial charge in [-0.3, -0.25) is 0 Å². The van der Waals surface area contributed by atoms with Gasteiger partial charge in [0, 0.05) is 0 Å². The molecule has 0 amide bonds. The van der Waals surface area contributed by atoms with E-state index in [1.165, 1.54) is 0 Å². The van der Waals surface area contributed by atoms with Gasteiger partial charge < -0.3 is 5.73 Å². The van der Waals surface area contributed by atoms with Crippen molar-refractivity contribution in [2.75, 3.05) is 0 Å². The summed E-state index contributed by atoms with van der Waals surface area (Å²) in [5.41, 5.74) is 5.30. The Kier molecular flexibility index (Phi) is 3.24. The van der Waals surface area contributed by atoms with E-state index >= 15 is 0 Å². The topological polar surface area (TPSA) is 60.2 Å². The summed E-state index contributed by atoms with van der Waals surface area (Å²) in [5.74, 6) is 0. The van der Waals surface area contributed by atoms with Crippen molar-refractivity contribution in [3.05, 3.63) is 65.6 Å². The maximum Gasteiger partial charge on any atom is 0.206 e. The molecule has 0 saturated carbocycles. The Balaban J connectivity index is 2.45. The van der Waals surface area contributed by atoms with Crippen molar-refractivity contribution in [2.45, 2.75) is 17.4 Å². The molecular weight excluding hydrogens is 246 g/mol. The average Bonchev–Trinajstić information content (AvgIpc) is 2.52. The molecule has 1 unspecified atom stereocenters. The molecule has 18 heavy (non-hydrogen) atoms. The van der Waals surface area contributed by atoms with Gasteiger partial charge in [0.1, 0.15) is 0 Å². The van der Waals surface area contributed by atoms with Crippen LogP contribution in [0.2, 0.25) is 0 Å². The Labute approximate surface area is 107 Å². The lowest BCUT2D eigenvalue weighted by Crippen LogP contribution is -2.30. The molecular formula is C14H15NO2S. The second-order valence-electron chi connectivity index (χ2n) is 4.44. The van der Waals surface area contributed by atoms with E-state index in [0.29, 0.717) is 0 Å². The van der Waals surface area contributed by atoms with Gasteiger partial charge in [-0.05, 0) is 31.2 Å². The van der Waals surface area contributed by atoms with Crippen LogP contribution in [0, 0.1) is 0 Å². The van der Waals surface area contributed by atoms with Crippen molar-refractivity contribution >= 4 is 9.84 Å². The molecule has 3 nitrogen and oxygen atoms in total. The van der Waals surface area contributed by atoms with Gasteiger partial charge in [0.2, 0.25) is 9.84 Å². The number of benzene rings is 1. The number of hydrogen-bond donors (Lipinski definition) is 1. The Morgan fingerprint density at radius 2 is 1.78 bits per heavy atom. The normalized spacial score (nSPS) is 23.6. The van der Waals surface area contributed by atoms with Crippen molar-refractivity contribution < 1.29 is 8.42 Å². The van der Waals surface area contributed by atoms with Gasteiger partial charge in [-0.1, -0.05) is 36.4 Å². The number of hydrogen-bond acceptors (Lipinski definition) is 3. The van der Waals surface area contributed by atoms with E-state index in [0.717, 1.165) is 0 Å². The fraction of sp³-hybridized carbons (Fsp3) is 0.143. The molecule has 4 heteroatoms. The van der Waals surface area contributed by atoms with Gasteiger partial charge in [-0.2, -0.15) is 0 Å². The molecule has 2 N–H and O–H groups in total. The first kappa shape index (κ1) is 12.8. The van der Waals surface area contributed by atoms with Crippen LogP contribution in [0.3, 0.4) is 0 Å². The summed E-state index contributed by atoms with van der Waals surface area (Å²) in [6.07, 6.45) is 8.24. The zero-order chi connectivity index (χ0) is 13.2. The van der Waals surface area contributed by atoms with Crippen LogP contribution in [0.4, 0.5) is 0 Å². The van der Waals surface area contributed by atoms with Crippen molar-refractivity contribution in [1.82, 2.24) is 0 Å². The van der Waals surface area contributed by atoms with Crippen molar-refractivity contribution in [3.63, 3.8) is 0 Å². The van der Waals surface area contributed by atoms with Crippen LogP contribution in [-0.2, 0) is 9.84 Å². The molecule has 0 bridgehead atoms. The van der Waals surface area contributed by atoms with Crippen molar-refractivity contribution in [2.24, 2.45) is 5.73 Å². The molecule has 1 aliphatic rings. The SMILES string of the molecule is CC1(N)C=CC=C(S(=O)(=O)c2ccccc2)C=C1. The van der Waals surface area contributed by atoms with Gasteiger partial charge >= 0.3 is 0 Å². The first-order valence-corrected chi connectivity index (χ1v) is 7.08. The lowest BCUT2D eigenvalue weighted by molar-refractivity contribution is 0.603. The fourth-order valence-electron chi connectivity index (χ4n) is 1.64. The highest BCUT2D eigenvalue weighted by atomic mass is 32.2. The molecule has 94 valence electrons. The Hall–Kier alpha value is -1.65. The third-order valence-electron chi connectivity index (χ3n) is 2.69. The van der Waals surface area contributed by atoms with Crippen LogP contribution in [0.1, 0.15) is 6.92 Å². The zero-order valence-electron chi connectivity index (χ0n) is 10.1. The van der Waals surface area contributed by atoms with Gasteiger partial charge in [0.15, 0.2) is 0 Å². The number of rotatable bonds is 2. The molecule has 1 aromatic rings. The van der Waals surface area contributed by atoms with Gasteiger partial charge in [0.25, 0.3) is 0 Å². The smallest absolute Gasteiger partial charge is 0.206 e. The van der Waals surface area contributed by atoms with E-state index in [2.05, 4.69) is 0 Å². The molecule has 1 aliphatic carbocycles.